The van der Waals surface area contributed by atoms with E-state index in [0.29, 0.717) is 40.4 Å². The van der Waals surface area contributed by atoms with E-state index in [1.807, 2.05) is 26.8 Å². The lowest BCUT2D eigenvalue weighted by atomic mass is 9.88. The number of fused-ring (bicyclic) bond motifs is 1. The third-order valence-corrected chi connectivity index (χ3v) is 9.67. The fourth-order valence-corrected chi connectivity index (χ4v) is 7.18. The molecule has 0 radical (unpaired) electrons. The Labute approximate surface area is 248 Å². The monoisotopic (exact) mass is 605 g/mol. The van der Waals surface area contributed by atoms with Crippen molar-refractivity contribution in [1.82, 2.24) is 23.6 Å². The number of hydrogen-bond donors (Lipinski definition) is 1. The minimum atomic E-state index is -1.52. The molecule has 3 aromatic heterocycles. The molecule has 8 nitrogen and oxygen atoms in total. The number of halogens is 1. The number of nitrogens with zero attached hydrogens (tertiary/aromatic N) is 4. The van der Waals surface area contributed by atoms with E-state index in [-0.39, 0.29) is 23.7 Å². The summed E-state index contributed by atoms with van der Waals surface area (Å²) in [6.45, 7) is 13.1. The second kappa shape index (κ2) is 14.5. The molecule has 41 heavy (non-hydrogen) atoms. The zero-order valence-electron chi connectivity index (χ0n) is 25.3. The van der Waals surface area contributed by atoms with Gasteiger partial charge in [-0.3, -0.25) is 18.6 Å². The molecule has 0 spiro atoms. The van der Waals surface area contributed by atoms with Gasteiger partial charge in [0, 0.05) is 37.8 Å². The van der Waals surface area contributed by atoms with E-state index >= 15 is 0 Å². The van der Waals surface area contributed by atoms with Gasteiger partial charge < -0.3 is 0 Å². The lowest BCUT2D eigenvalue weighted by Crippen LogP contribution is -2.39. The lowest BCUT2D eigenvalue weighted by Gasteiger charge is -2.23. The van der Waals surface area contributed by atoms with Gasteiger partial charge in [-0.25, -0.2) is 18.1 Å². The molecule has 0 saturated heterocycles. The van der Waals surface area contributed by atoms with Crippen molar-refractivity contribution in [2.45, 2.75) is 90.9 Å². The van der Waals surface area contributed by atoms with Gasteiger partial charge in [-0.15, -0.1) is 11.3 Å². The van der Waals surface area contributed by atoms with Crippen LogP contribution >= 0.6 is 11.3 Å². The number of rotatable bonds is 15. The molecule has 3 aromatic rings. The van der Waals surface area contributed by atoms with E-state index in [1.54, 1.807) is 34.8 Å². The Morgan fingerprint density at radius 3 is 2.56 bits per heavy atom. The molecule has 0 amide bonds. The predicted octanol–water partition coefficient (Wildman–Crippen LogP) is 6.07. The van der Waals surface area contributed by atoms with Crippen molar-refractivity contribution in [3.63, 3.8) is 0 Å². The molecule has 0 aliphatic rings. The quantitative estimate of drug-likeness (QED) is 0.213. The summed E-state index contributed by atoms with van der Waals surface area (Å²) in [4.78, 5) is 27.8. The minimum Gasteiger partial charge on any atom is -0.284 e. The van der Waals surface area contributed by atoms with Crippen LogP contribution in [0.2, 0.25) is 0 Å². The highest BCUT2D eigenvalue weighted by Gasteiger charge is 2.22. The first-order valence-corrected chi connectivity index (χ1v) is 16.3. The molecule has 3 heterocycles. The maximum absolute atomic E-state index is 14.0. The molecule has 11 heteroatoms. The summed E-state index contributed by atoms with van der Waals surface area (Å²) >= 11 is 1.22. The normalized spacial score (nSPS) is 14.0. The molecule has 0 fully saturated rings. The second-order valence-electron chi connectivity index (χ2n) is 11.6. The first-order chi connectivity index (χ1) is 19.4. The smallest absolute Gasteiger partial charge is 0.284 e. The summed E-state index contributed by atoms with van der Waals surface area (Å²) in [5.74, 6) is -0.329. The summed E-state index contributed by atoms with van der Waals surface area (Å²) < 4.78 is 35.4. The summed E-state index contributed by atoms with van der Waals surface area (Å²) in [5.41, 5.74) is 0.999. The van der Waals surface area contributed by atoms with Crippen LogP contribution in [0.1, 0.15) is 79.2 Å². The molecule has 0 aliphatic heterocycles. The van der Waals surface area contributed by atoms with Crippen LogP contribution in [0.25, 0.3) is 10.2 Å². The number of aromatic nitrogens is 4. The number of nitrogens with one attached hydrogen (secondary N) is 1. The van der Waals surface area contributed by atoms with Crippen LogP contribution in [0.4, 0.5) is 4.39 Å². The van der Waals surface area contributed by atoms with Crippen LogP contribution in [0, 0.1) is 11.3 Å². The summed E-state index contributed by atoms with van der Waals surface area (Å²) in [5, 5.41) is 4.54. The van der Waals surface area contributed by atoms with Crippen molar-refractivity contribution in [2.75, 3.05) is 6.54 Å². The van der Waals surface area contributed by atoms with Gasteiger partial charge in [-0.1, -0.05) is 59.6 Å². The average Bonchev–Trinajstić information content (AvgIpc) is 3.55. The Balaban J connectivity index is 1.97. The van der Waals surface area contributed by atoms with Gasteiger partial charge in [0.2, 0.25) is 0 Å². The number of hydrogen-bond acceptors (Lipinski definition) is 5. The molecule has 0 aliphatic carbocycles. The van der Waals surface area contributed by atoms with Crippen molar-refractivity contribution in [1.29, 1.82) is 0 Å². The van der Waals surface area contributed by atoms with Gasteiger partial charge in [0.25, 0.3) is 5.56 Å². The SMILES string of the molecule is CCCC(C)(C)CNS(=O)c1cc2c(=O)n(Cc3cnn(C)c3)c(=O)n(CCC/C(=C/C=C(/F)C(C)C)CC)c2s1. The Hall–Kier alpha value is -2.63. The highest BCUT2D eigenvalue weighted by atomic mass is 32.2. The molecule has 1 N–H and O–H groups in total. The highest BCUT2D eigenvalue weighted by Crippen LogP contribution is 2.27. The zero-order valence-corrected chi connectivity index (χ0v) is 27.0. The lowest BCUT2D eigenvalue weighted by molar-refractivity contribution is 0.333. The van der Waals surface area contributed by atoms with Crippen molar-refractivity contribution in [3.8, 4) is 0 Å². The highest BCUT2D eigenvalue weighted by molar-refractivity contribution is 7.85. The largest absolute Gasteiger partial charge is 0.332 e. The topological polar surface area (TPSA) is 90.9 Å². The third-order valence-electron chi connectivity index (χ3n) is 7.13. The fourth-order valence-electron chi connectivity index (χ4n) is 4.67. The fraction of sp³-hybridized carbons (Fsp3) is 0.567. The van der Waals surface area contributed by atoms with Gasteiger partial charge in [-0.05, 0) is 43.2 Å². The van der Waals surface area contributed by atoms with Crippen molar-refractivity contribution in [2.24, 2.45) is 18.4 Å². The van der Waals surface area contributed by atoms with Crippen molar-refractivity contribution < 1.29 is 8.60 Å². The molecule has 0 saturated carbocycles. The van der Waals surface area contributed by atoms with E-state index in [9.17, 15) is 18.2 Å². The molecule has 1 atom stereocenters. The zero-order chi connectivity index (χ0) is 30.3. The predicted molar refractivity (Wildman–Crippen MR) is 167 cm³/mol. The maximum atomic E-state index is 14.0. The van der Waals surface area contributed by atoms with Gasteiger partial charge in [-0.2, -0.15) is 5.10 Å². The van der Waals surface area contributed by atoms with Crippen LogP contribution < -0.4 is 16.0 Å². The molecule has 0 bridgehead atoms. The third kappa shape index (κ3) is 8.68. The van der Waals surface area contributed by atoms with E-state index in [2.05, 4.69) is 30.6 Å². The van der Waals surface area contributed by atoms with Crippen LogP contribution in [0.5, 0.6) is 0 Å². The second-order valence-corrected chi connectivity index (χ2v) is 14.2. The van der Waals surface area contributed by atoms with E-state index in [1.165, 1.54) is 22.0 Å². The molecular weight excluding hydrogens is 561 g/mol. The Morgan fingerprint density at radius 2 is 1.95 bits per heavy atom. The summed E-state index contributed by atoms with van der Waals surface area (Å²) in [6, 6.07) is 1.66. The molecular formula is C30H44FN5O3S2. The first kappa shape index (κ1) is 32.9. The Morgan fingerprint density at radius 1 is 1.22 bits per heavy atom. The molecule has 3 rings (SSSR count). The molecule has 226 valence electrons. The maximum Gasteiger partial charge on any atom is 0.332 e. The van der Waals surface area contributed by atoms with Crippen molar-refractivity contribution in [3.05, 3.63) is 68.4 Å². The van der Waals surface area contributed by atoms with Crippen LogP contribution in [0.15, 0.2) is 55.8 Å². The van der Waals surface area contributed by atoms with Gasteiger partial charge >= 0.3 is 5.69 Å². The Kier molecular flexibility index (Phi) is 11.6. The summed E-state index contributed by atoms with van der Waals surface area (Å²) in [7, 11) is 0.266. The Bertz CT molecular complexity index is 1540. The number of allylic oxidation sites excluding steroid dienone is 4. The van der Waals surface area contributed by atoms with E-state index < -0.39 is 22.2 Å². The average molecular weight is 606 g/mol. The molecule has 0 aromatic carbocycles. The first-order valence-electron chi connectivity index (χ1n) is 14.3. The van der Waals surface area contributed by atoms with Crippen molar-refractivity contribution >= 4 is 32.5 Å². The van der Waals surface area contributed by atoms with Gasteiger partial charge in [0.1, 0.15) is 25.9 Å². The minimum absolute atomic E-state index is 0.0165. The van der Waals surface area contributed by atoms with Crippen LogP contribution in [-0.2, 0) is 31.1 Å². The van der Waals surface area contributed by atoms with E-state index in [4.69, 9.17) is 0 Å². The summed E-state index contributed by atoms with van der Waals surface area (Å²) in [6.07, 6.45) is 10.9. The van der Waals surface area contributed by atoms with E-state index in [0.717, 1.165) is 30.4 Å². The number of thiophene rings is 1. The van der Waals surface area contributed by atoms with Gasteiger partial charge in [0.05, 0.1) is 18.1 Å². The van der Waals surface area contributed by atoms with Gasteiger partial charge in [0.15, 0.2) is 0 Å². The standard InChI is InChI=1S/C30H44FN5O3S2/c1-8-14-30(5,6)20-33-41(39)26-16-24-27(37)36(19-23-17-32-34(7)18-23)29(38)35(28(24)40-26)15-10-11-22(9-2)12-13-25(31)21(3)4/h12-13,16-18,21,33H,8-11,14-15,19-20H2,1-7H3/b22-12+,25-13+. The number of aryl methyl sites for hydroxylation is 2. The van der Waals surface area contributed by atoms with Crippen LogP contribution in [-0.4, -0.2) is 29.7 Å². The molecule has 1 unspecified atom stereocenters. The van der Waals surface area contributed by atoms with Crippen LogP contribution in [0.3, 0.4) is 0 Å².